The lowest BCUT2D eigenvalue weighted by Crippen LogP contribution is -2.22. The largest absolute Gasteiger partial charge is 0.496 e. The van der Waals surface area contributed by atoms with Gasteiger partial charge in [-0.15, -0.1) is 0 Å². The van der Waals surface area contributed by atoms with E-state index in [1.807, 2.05) is 24.3 Å². The number of hydrogen-bond acceptors (Lipinski definition) is 3. The molecule has 1 saturated carbocycles. The fourth-order valence-corrected chi connectivity index (χ4v) is 4.35. The van der Waals surface area contributed by atoms with Gasteiger partial charge >= 0.3 is 0 Å². The first-order chi connectivity index (χ1) is 9.20. The number of ether oxygens (including phenoxy) is 1. The summed E-state index contributed by atoms with van der Waals surface area (Å²) in [6.45, 7) is 0. The predicted octanol–water partition coefficient (Wildman–Crippen LogP) is 2.63. The Bertz CT molecular complexity index is 430. The van der Waals surface area contributed by atoms with Crippen molar-refractivity contribution in [3.05, 3.63) is 29.8 Å². The van der Waals surface area contributed by atoms with E-state index in [1.54, 1.807) is 7.11 Å². The average Bonchev–Trinajstić information content (AvgIpc) is 2.91. The second kappa shape index (κ2) is 7.06. The van der Waals surface area contributed by atoms with Crippen LogP contribution in [-0.2, 0) is 10.8 Å². The summed E-state index contributed by atoms with van der Waals surface area (Å²) in [6.07, 6.45) is 5.05. The molecule has 3 nitrogen and oxygen atoms in total. The van der Waals surface area contributed by atoms with Crippen molar-refractivity contribution in [2.75, 3.05) is 18.6 Å². The van der Waals surface area contributed by atoms with E-state index in [0.717, 1.165) is 17.1 Å². The van der Waals surface area contributed by atoms with Gasteiger partial charge in [0.25, 0.3) is 0 Å². The molecule has 1 aliphatic carbocycles. The fourth-order valence-electron chi connectivity index (χ4n) is 2.77. The van der Waals surface area contributed by atoms with Crippen LogP contribution < -0.4 is 10.5 Å². The van der Waals surface area contributed by atoms with Gasteiger partial charge in [0.05, 0.1) is 7.11 Å². The predicted molar refractivity (Wildman–Crippen MR) is 79.8 cm³/mol. The van der Waals surface area contributed by atoms with Crippen molar-refractivity contribution in [2.24, 2.45) is 11.7 Å². The molecule has 0 heterocycles. The molecule has 1 aliphatic rings. The van der Waals surface area contributed by atoms with Crippen LogP contribution in [0.15, 0.2) is 24.3 Å². The zero-order chi connectivity index (χ0) is 13.7. The molecule has 0 aliphatic heterocycles. The Balaban J connectivity index is 1.92. The molecule has 0 amide bonds. The lowest BCUT2D eigenvalue weighted by atomic mass is 10.1. The molecule has 1 fully saturated rings. The number of rotatable bonds is 6. The summed E-state index contributed by atoms with van der Waals surface area (Å²) in [4.78, 5) is 0. The Morgan fingerprint density at radius 2 is 2.05 bits per heavy atom. The monoisotopic (exact) mass is 281 g/mol. The van der Waals surface area contributed by atoms with Gasteiger partial charge < -0.3 is 10.5 Å². The number of benzene rings is 1. The Labute approximate surface area is 118 Å². The topological polar surface area (TPSA) is 52.3 Å². The van der Waals surface area contributed by atoms with E-state index < -0.39 is 10.8 Å². The molecular formula is C15H23NO2S. The van der Waals surface area contributed by atoms with E-state index >= 15 is 0 Å². The minimum Gasteiger partial charge on any atom is -0.496 e. The van der Waals surface area contributed by atoms with E-state index in [-0.39, 0.29) is 6.04 Å². The molecule has 1 aromatic carbocycles. The molecule has 2 rings (SSSR count). The van der Waals surface area contributed by atoms with Crippen LogP contribution in [0, 0.1) is 5.92 Å². The molecule has 4 heteroatoms. The summed E-state index contributed by atoms with van der Waals surface area (Å²) < 4.78 is 17.5. The molecule has 2 unspecified atom stereocenters. The highest BCUT2D eigenvalue weighted by Gasteiger charge is 2.20. The molecular weight excluding hydrogens is 258 g/mol. The van der Waals surface area contributed by atoms with Crippen LogP contribution >= 0.6 is 0 Å². The highest BCUT2D eigenvalue weighted by Crippen LogP contribution is 2.27. The summed E-state index contributed by atoms with van der Waals surface area (Å²) in [6, 6.07) is 7.51. The third kappa shape index (κ3) is 4.05. The van der Waals surface area contributed by atoms with Crippen molar-refractivity contribution in [3.8, 4) is 5.75 Å². The number of methoxy groups -OCH3 is 1. The first kappa shape index (κ1) is 14.5. The van der Waals surface area contributed by atoms with Crippen LogP contribution in [0.2, 0.25) is 0 Å². The van der Waals surface area contributed by atoms with Gasteiger partial charge in [0.1, 0.15) is 5.75 Å². The molecule has 0 bridgehead atoms. The molecule has 19 heavy (non-hydrogen) atoms. The summed E-state index contributed by atoms with van der Waals surface area (Å²) in [7, 11) is 0.809. The van der Waals surface area contributed by atoms with Gasteiger partial charge in [-0.05, 0) is 24.8 Å². The maximum absolute atomic E-state index is 12.2. The van der Waals surface area contributed by atoms with Crippen molar-refractivity contribution >= 4 is 10.8 Å². The van der Waals surface area contributed by atoms with Gasteiger partial charge in [-0.1, -0.05) is 31.0 Å². The number of hydrogen-bond donors (Lipinski definition) is 1. The number of para-hydroxylation sites is 1. The van der Waals surface area contributed by atoms with Crippen molar-refractivity contribution < 1.29 is 8.95 Å². The highest BCUT2D eigenvalue weighted by atomic mass is 32.2. The van der Waals surface area contributed by atoms with Crippen molar-refractivity contribution in [1.82, 2.24) is 0 Å². The van der Waals surface area contributed by atoms with Gasteiger partial charge in [0.2, 0.25) is 0 Å². The lowest BCUT2D eigenvalue weighted by Gasteiger charge is -2.16. The van der Waals surface area contributed by atoms with E-state index in [4.69, 9.17) is 10.5 Å². The van der Waals surface area contributed by atoms with Crippen molar-refractivity contribution in [3.63, 3.8) is 0 Å². The molecule has 2 N–H and O–H groups in total. The first-order valence-corrected chi connectivity index (χ1v) is 8.43. The Morgan fingerprint density at radius 1 is 1.37 bits per heavy atom. The van der Waals surface area contributed by atoms with Gasteiger partial charge in [0, 0.05) is 33.9 Å². The van der Waals surface area contributed by atoms with Gasteiger partial charge in [-0.25, -0.2) is 0 Å². The standard InChI is InChI=1S/C15H23NO2S/c1-18-15-9-5-4-8-13(15)14(16)11-19(17)10-12-6-2-3-7-12/h4-5,8-9,12,14H,2-3,6-7,10-11,16H2,1H3. The minimum absolute atomic E-state index is 0.210. The Hall–Kier alpha value is -0.870. The van der Waals surface area contributed by atoms with Crippen molar-refractivity contribution in [2.45, 2.75) is 31.7 Å². The third-order valence-corrected chi connectivity index (χ3v) is 5.37. The molecule has 1 aromatic rings. The third-order valence-electron chi connectivity index (χ3n) is 3.80. The normalized spacial score (nSPS) is 19.3. The van der Waals surface area contributed by atoms with Crippen LogP contribution in [0.3, 0.4) is 0 Å². The van der Waals surface area contributed by atoms with E-state index in [9.17, 15) is 4.21 Å². The quantitative estimate of drug-likeness (QED) is 0.872. The van der Waals surface area contributed by atoms with E-state index in [0.29, 0.717) is 11.7 Å². The molecule has 0 aromatic heterocycles. The SMILES string of the molecule is COc1ccccc1C(N)CS(=O)CC1CCCC1. The van der Waals surface area contributed by atoms with Gasteiger partial charge in [0.15, 0.2) is 0 Å². The van der Waals surface area contributed by atoms with Crippen LogP contribution in [-0.4, -0.2) is 22.8 Å². The highest BCUT2D eigenvalue weighted by molar-refractivity contribution is 7.85. The first-order valence-electron chi connectivity index (χ1n) is 6.94. The molecule has 2 atom stereocenters. The molecule has 0 radical (unpaired) electrons. The van der Waals surface area contributed by atoms with Gasteiger partial charge in [-0.2, -0.15) is 0 Å². The summed E-state index contributed by atoms with van der Waals surface area (Å²) in [5, 5.41) is 0. The maximum atomic E-state index is 12.2. The van der Waals surface area contributed by atoms with E-state index in [2.05, 4.69) is 0 Å². The van der Waals surface area contributed by atoms with Crippen LogP contribution in [0.4, 0.5) is 0 Å². The smallest absolute Gasteiger partial charge is 0.123 e. The summed E-state index contributed by atoms with van der Waals surface area (Å²) in [5.74, 6) is 2.76. The van der Waals surface area contributed by atoms with Crippen LogP contribution in [0.5, 0.6) is 5.75 Å². The minimum atomic E-state index is -0.831. The molecule has 0 saturated heterocycles. The Morgan fingerprint density at radius 3 is 2.74 bits per heavy atom. The second-order valence-electron chi connectivity index (χ2n) is 5.27. The second-order valence-corrected chi connectivity index (χ2v) is 6.82. The fraction of sp³-hybridized carbons (Fsp3) is 0.600. The zero-order valence-electron chi connectivity index (χ0n) is 11.5. The van der Waals surface area contributed by atoms with Crippen LogP contribution in [0.1, 0.15) is 37.3 Å². The molecule has 106 valence electrons. The van der Waals surface area contributed by atoms with Gasteiger partial charge in [-0.3, -0.25) is 4.21 Å². The number of nitrogens with two attached hydrogens (primary N) is 1. The summed E-state index contributed by atoms with van der Waals surface area (Å²) in [5.41, 5.74) is 7.12. The zero-order valence-corrected chi connectivity index (χ0v) is 12.3. The van der Waals surface area contributed by atoms with E-state index in [1.165, 1.54) is 25.7 Å². The maximum Gasteiger partial charge on any atom is 0.123 e. The average molecular weight is 281 g/mol. The Kier molecular flexibility index (Phi) is 5.40. The van der Waals surface area contributed by atoms with Crippen molar-refractivity contribution in [1.29, 1.82) is 0 Å². The summed E-state index contributed by atoms with van der Waals surface area (Å²) >= 11 is 0. The van der Waals surface area contributed by atoms with Crippen LogP contribution in [0.25, 0.3) is 0 Å². The molecule has 0 spiro atoms. The lowest BCUT2D eigenvalue weighted by molar-refractivity contribution is 0.407.